The fourth-order valence-electron chi connectivity index (χ4n) is 1.88. The van der Waals surface area contributed by atoms with Crippen molar-refractivity contribution in [1.29, 1.82) is 0 Å². The van der Waals surface area contributed by atoms with Crippen molar-refractivity contribution in [3.63, 3.8) is 0 Å². The Kier molecular flexibility index (Phi) is 12.8. The summed E-state index contributed by atoms with van der Waals surface area (Å²) in [5.41, 5.74) is 5.25. The molecule has 0 saturated carbocycles. The van der Waals surface area contributed by atoms with E-state index in [1.807, 2.05) is 12.1 Å². The SMILES string of the molecule is Cc1cc[c-]c(C(C)C)c1.Cc1cc[c-]c(C(C)C)c1.[Cl][Ru][Cl]. The quantitative estimate of drug-likeness (QED) is 0.343. The summed E-state index contributed by atoms with van der Waals surface area (Å²) in [5.74, 6) is 1.19. The number of benzene rings is 2. The van der Waals surface area contributed by atoms with Gasteiger partial charge in [-0.1, -0.05) is 41.5 Å². The van der Waals surface area contributed by atoms with Crippen molar-refractivity contribution in [1.82, 2.24) is 0 Å². The van der Waals surface area contributed by atoms with Crippen molar-refractivity contribution in [2.45, 2.75) is 53.4 Å². The summed E-state index contributed by atoms with van der Waals surface area (Å²) < 4.78 is 0. The Hall–Kier alpha value is -0.357. The third-order valence-corrected chi connectivity index (χ3v) is 3.20. The molecular formula is C20H26Cl2Ru-2. The van der Waals surface area contributed by atoms with Gasteiger partial charge in [-0.05, 0) is 11.8 Å². The average molecular weight is 438 g/mol. The molecule has 0 aliphatic rings. The van der Waals surface area contributed by atoms with E-state index in [2.05, 4.69) is 77.9 Å². The van der Waals surface area contributed by atoms with E-state index in [4.69, 9.17) is 19.4 Å². The molecular weight excluding hydrogens is 412 g/mol. The third kappa shape index (κ3) is 10.9. The Labute approximate surface area is 158 Å². The van der Waals surface area contributed by atoms with Crippen LogP contribution in [0.3, 0.4) is 0 Å². The molecule has 0 aliphatic carbocycles. The van der Waals surface area contributed by atoms with E-state index in [-0.39, 0.29) is 15.1 Å². The first kappa shape index (κ1) is 22.6. The van der Waals surface area contributed by atoms with Gasteiger partial charge >= 0.3 is 34.5 Å². The summed E-state index contributed by atoms with van der Waals surface area (Å²) in [6.45, 7) is 13.0. The first-order valence-corrected chi connectivity index (χ1v) is 12.1. The molecule has 0 amide bonds. The molecule has 0 spiro atoms. The van der Waals surface area contributed by atoms with Gasteiger partial charge in [0.1, 0.15) is 0 Å². The van der Waals surface area contributed by atoms with Crippen LogP contribution in [-0.4, -0.2) is 0 Å². The summed E-state index contributed by atoms with van der Waals surface area (Å²) in [5, 5.41) is 0. The molecule has 0 unspecified atom stereocenters. The first-order chi connectivity index (χ1) is 10.8. The van der Waals surface area contributed by atoms with Crippen molar-refractivity contribution >= 4 is 19.4 Å². The first-order valence-electron chi connectivity index (χ1n) is 7.63. The van der Waals surface area contributed by atoms with Crippen LogP contribution >= 0.6 is 19.4 Å². The Morgan fingerprint density at radius 3 is 1.26 bits per heavy atom. The molecule has 3 heteroatoms. The average Bonchev–Trinajstić information content (AvgIpc) is 2.48. The molecule has 0 aromatic heterocycles. The second-order valence-corrected chi connectivity index (χ2v) is 8.64. The number of hydrogen-bond acceptors (Lipinski definition) is 0. The fourth-order valence-corrected chi connectivity index (χ4v) is 1.88. The van der Waals surface area contributed by atoms with Crippen LogP contribution < -0.4 is 0 Å². The van der Waals surface area contributed by atoms with Gasteiger partial charge in [-0.15, -0.1) is 0 Å². The summed E-state index contributed by atoms with van der Waals surface area (Å²) in [7, 11) is 9.71. The maximum atomic E-state index is 4.85. The zero-order valence-corrected chi connectivity index (χ0v) is 18.0. The van der Waals surface area contributed by atoms with Gasteiger partial charge in [-0.3, -0.25) is 0 Å². The van der Waals surface area contributed by atoms with Gasteiger partial charge in [0.15, 0.2) is 0 Å². The molecule has 0 fully saturated rings. The second-order valence-electron chi connectivity index (χ2n) is 6.00. The van der Waals surface area contributed by atoms with E-state index < -0.39 is 0 Å². The van der Waals surface area contributed by atoms with Crippen LogP contribution in [0.15, 0.2) is 36.4 Å². The van der Waals surface area contributed by atoms with E-state index in [0.717, 1.165) is 0 Å². The Morgan fingerprint density at radius 2 is 1.09 bits per heavy atom. The number of halogens is 2. The normalized spacial score (nSPS) is 10.0. The zero-order chi connectivity index (χ0) is 17.8. The molecule has 2 rings (SSSR count). The molecule has 23 heavy (non-hydrogen) atoms. The summed E-state index contributed by atoms with van der Waals surface area (Å²) in [6, 6.07) is 18.9. The Balaban J connectivity index is 0.000000360. The molecule has 0 saturated heterocycles. The fraction of sp³-hybridized carbons (Fsp3) is 0.400. The maximum absolute atomic E-state index is 4.85. The molecule has 0 N–H and O–H groups in total. The van der Waals surface area contributed by atoms with Crippen LogP contribution in [0.1, 0.15) is 61.8 Å². The number of hydrogen-bond donors (Lipinski definition) is 0. The van der Waals surface area contributed by atoms with E-state index >= 15 is 0 Å². The Bertz CT molecular complexity index is 501. The molecule has 0 atom stereocenters. The predicted octanol–water partition coefficient (Wildman–Crippen LogP) is 7.21. The van der Waals surface area contributed by atoms with Gasteiger partial charge in [0.25, 0.3) is 0 Å². The van der Waals surface area contributed by atoms with Gasteiger partial charge in [0.2, 0.25) is 0 Å². The van der Waals surface area contributed by atoms with Gasteiger partial charge in [-0.2, -0.15) is 70.8 Å². The van der Waals surface area contributed by atoms with Gasteiger partial charge in [0, 0.05) is 0 Å². The van der Waals surface area contributed by atoms with Crippen molar-refractivity contribution in [3.05, 3.63) is 70.8 Å². The van der Waals surface area contributed by atoms with Crippen LogP contribution in [0.2, 0.25) is 0 Å². The predicted molar refractivity (Wildman–Crippen MR) is 99.9 cm³/mol. The molecule has 0 heterocycles. The van der Waals surface area contributed by atoms with Crippen molar-refractivity contribution in [2.75, 3.05) is 0 Å². The molecule has 2 aromatic rings. The minimum atomic E-state index is -0.346. The van der Waals surface area contributed by atoms with Crippen LogP contribution in [0.5, 0.6) is 0 Å². The third-order valence-electron chi connectivity index (χ3n) is 3.20. The molecule has 0 aliphatic heterocycles. The van der Waals surface area contributed by atoms with Crippen LogP contribution in [-0.2, 0) is 15.1 Å². The van der Waals surface area contributed by atoms with Crippen LogP contribution in [0.4, 0.5) is 0 Å². The van der Waals surface area contributed by atoms with E-state index in [0.29, 0.717) is 11.8 Å². The van der Waals surface area contributed by atoms with E-state index in [1.54, 1.807) is 0 Å². The molecule has 2 aromatic carbocycles. The second kappa shape index (κ2) is 13.0. The van der Waals surface area contributed by atoms with Crippen LogP contribution in [0, 0.1) is 26.0 Å². The molecule has 0 bridgehead atoms. The van der Waals surface area contributed by atoms with Crippen molar-refractivity contribution in [2.24, 2.45) is 0 Å². The van der Waals surface area contributed by atoms with Gasteiger partial charge in [0.05, 0.1) is 0 Å². The molecule has 0 nitrogen and oxygen atoms in total. The summed E-state index contributed by atoms with van der Waals surface area (Å²) in [6.07, 6.45) is 0. The monoisotopic (exact) mass is 438 g/mol. The van der Waals surface area contributed by atoms with E-state index in [1.165, 1.54) is 22.3 Å². The van der Waals surface area contributed by atoms with Crippen LogP contribution in [0.25, 0.3) is 0 Å². The molecule has 0 radical (unpaired) electrons. The number of aryl methyl sites for hydroxylation is 2. The van der Waals surface area contributed by atoms with Gasteiger partial charge in [-0.25, -0.2) is 0 Å². The summed E-state index contributed by atoms with van der Waals surface area (Å²) >= 11 is -0.346. The standard InChI is InChI=1S/2C10H13.2ClH.Ru/c2*1-8(2)10-6-4-5-9(3)7-10;;;/h2*4-5,7-8H,1-3H3;2*1H;/q2*-1;;;+2/p-2. The zero-order valence-electron chi connectivity index (χ0n) is 14.7. The summed E-state index contributed by atoms with van der Waals surface area (Å²) in [4.78, 5) is 0. The topological polar surface area (TPSA) is 0 Å². The van der Waals surface area contributed by atoms with Gasteiger partial charge < -0.3 is 0 Å². The van der Waals surface area contributed by atoms with Crippen molar-refractivity contribution < 1.29 is 15.1 Å². The van der Waals surface area contributed by atoms with Crippen molar-refractivity contribution in [3.8, 4) is 0 Å². The number of rotatable bonds is 2. The minimum absolute atomic E-state index is 0.346. The van der Waals surface area contributed by atoms with E-state index in [9.17, 15) is 0 Å². The molecule has 130 valence electrons. The Morgan fingerprint density at radius 1 is 0.783 bits per heavy atom.